The molecule has 1 atom stereocenters. The number of aromatic nitrogens is 1. The van der Waals surface area contributed by atoms with Crippen LogP contribution >= 0.6 is 0 Å². The number of carbonyl (C=O) groups is 1. The Labute approximate surface area is 263 Å². The molecule has 2 fully saturated rings. The van der Waals surface area contributed by atoms with E-state index in [-0.39, 0.29) is 27.6 Å². The van der Waals surface area contributed by atoms with Gasteiger partial charge in [0.05, 0.1) is 10.9 Å². The van der Waals surface area contributed by atoms with Gasteiger partial charge in [0, 0.05) is 42.6 Å². The van der Waals surface area contributed by atoms with Gasteiger partial charge in [-0.1, -0.05) is 24.3 Å². The van der Waals surface area contributed by atoms with Crippen molar-refractivity contribution in [3.8, 4) is 0 Å². The predicted molar refractivity (Wildman–Crippen MR) is 180 cm³/mol. The number of nitrogens with zero attached hydrogens (tertiary/aromatic N) is 3. The maximum Gasteiger partial charge on any atom is 0.256 e. The van der Waals surface area contributed by atoms with Gasteiger partial charge in [0.2, 0.25) is 5.43 Å². The van der Waals surface area contributed by atoms with Crippen LogP contribution < -0.4 is 21.5 Å². The largest absolute Gasteiger partial charge is 0.451 e. The van der Waals surface area contributed by atoms with Gasteiger partial charge in [-0.15, -0.1) is 0 Å². The third-order valence-electron chi connectivity index (χ3n) is 10.1. The number of likely N-dealkylation sites (tertiary alicyclic amines) is 2. The molecule has 2 aromatic heterocycles. The molecule has 0 saturated carbocycles. The summed E-state index contributed by atoms with van der Waals surface area (Å²) in [6, 6.07) is 12.6. The van der Waals surface area contributed by atoms with Crippen LogP contribution in [0.4, 0.5) is 10.1 Å². The second-order valence-corrected chi connectivity index (χ2v) is 12.8. The lowest BCUT2D eigenvalue weighted by Crippen LogP contribution is -2.34. The Morgan fingerprint density at radius 2 is 1.74 bits per heavy atom. The highest BCUT2D eigenvalue weighted by Crippen LogP contribution is 2.36. The minimum absolute atomic E-state index is 0.0587. The molecule has 1 amide bonds. The average Bonchev–Trinajstić information content (AvgIpc) is 3.79. The molecule has 2 aliphatic heterocycles. The highest BCUT2D eigenvalue weighted by Gasteiger charge is 2.25. The number of carbonyl (C=O) groups excluding carboxylic acids is 1. The lowest BCUT2D eigenvalue weighted by atomic mass is 10.1. The van der Waals surface area contributed by atoms with Gasteiger partial charge in [-0.05, 0) is 87.8 Å². The summed E-state index contributed by atoms with van der Waals surface area (Å²) < 4.78 is 24.1. The zero-order valence-corrected chi connectivity index (χ0v) is 25.8. The van der Waals surface area contributed by atoms with E-state index in [4.69, 9.17) is 4.42 Å². The lowest BCUT2D eigenvalue weighted by molar-refractivity contribution is 0.0949. The highest BCUT2D eigenvalue weighted by atomic mass is 19.1. The Kier molecular flexibility index (Phi) is 7.14. The smallest absolute Gasteiger partial charge is 0.256 e. The first kappa shape index (κ1) is 28.9. The summed E-state index contributed by atoms with van der Waals surface area (Å²) in [5, 5.41) is 8.88. The summed E-state index contributed by atoms with van der Waals surface area (Å²) >= 11 is 0. The third-order valence-corrected chi connectivity index (χ3v) is 10.1. The maximum atomic E-state index is 15.9. The van der Waals surface area contributed by atoms with Crippen LogP contribution in [0.15, 0.2) is 62.7 Å². The Morgan fingerprint density at radius 1 is 0.935 bits per heavy atom. The maximum absolute atomic E-state index is 15.9. The Morgan fingerprint density at radius 3 is 2.52 bits per heavy atom. The van der Waals surface area contributed by atoms with E-state index in [0.717, 1.165) is 69.1 Å². The monoisotopic (exact) mass is 621 g/mol. The second kappa shape index (κ2) is 11.4. The molecule has 6 aromatic rings. The van der Waals surface area contributed by atoms with Crippen LogP contribution in [0.3, 0.4) is 0 Å². The van der Waals surface area contributed by atoms with E-state index in [9.17, 15) is 14.4 Å². The van der Waals surface area contributed by atoms with E-state index in [2.05, 4.69) is 27.5 Å². The molecule has 9 nitrogen and oxygen atoms in total. The molecular weight excluding hydrogens is 585 g/mol. The Bertz CT molecular complexity index is 2270. The molecule has 2 aliphatic rings. The van der Waals surface area contributed by atoms with Crippen LogP contribution in [-0.4, -0.2) is 72.5 Å². The summed E-state index contributed by atoms with van der Waals surface area (Å²) in [5.41, 5.74) is 0.876. The zero-order valence-electron chi connectivity index (χ0n) is 25.8. The summed E-state index contributed by atoms with van der Waals surface area (Å²) in [5.74, 6) is -1.14. The van der Waals surface area contributed by atoms with E-state index in [0.29, 0.717) is 46.5 Å². The van der Waals surface area contributed by atoms with E-state index in [1.54, 1.807) is 16.5 Å². The highest BCUT2D eigenvalue weighted by molar-refractivity contribution is 6.15. The molecule has 0 bridgehead atoms. The number of fused-ring (bicyclic) bond motifs is 5. The van der Waals surface area contributed by atoms with E-state index < -0.39 is 17.2 Å². The molecule has 1 unspecified atom stereocenters. The first-order valence-corrected chi connectivity index (χ1v) is 16.3. The van der Waals surface area contributed by atoms with Crippen LogP contribution in [0.5, 0.6) is 0 Å². The Balaban J connectivity index is 1.30. The van der Waals surface area contributed by atoms with Crippen molar-refractivity contribution in [1.82, 2.24) is 19.5 Å². The van der Waals surface area contributed by atoms with Crippen molar-refractivity contribution in [2.75, 3.05) is 51.6 Å². The van der Waals surface area contributed by atoms with Gasteiger partial charge in [-0.25, -0.2) is 4.39 Å². The molecule has 46 heavy (non-hydrogen) atoms. The molecule has 0 radical (unpaired) electrons. The van der Waals surface area contributed by atoms with Crippen molar-refractivity contribution < 1.29 is 13.6 Å². The molecular formula is C36H36FN5O4. The van der Waals surface area contributed by atoms with Crippen LogP contribution in [0.1, 0.15) is 42.5 Å². The molecule has 10 heteroatoms. The molecule has 0 spiro atoms. The van der Waals surface area contributed by atoms with Crippen LogP contribution in [-0.2, 0) is 0 Å². The fourth-order valence-electron chi connectivity index (χ4n) is 7.60. The van der Waals surface area contributed by atoms with Crippen LogP contribution in [0, 0.1) is 5.82 Å². The molecule has 0 aliphatic carbocycles. The van der Waals surface area contributed by atoms with Gasteiger partial charge >= 0.3 is 0 Å². The van der Waals surface area contributed by atoms with Crippen molar-refractivity contribution in [3.05, 3.63) is 80.5 Å². The molecule has 2 N–H and O–H groups in total. The van der Waals surface area contributed by atoms with Gasteiger partial charge in [0.1, 0.15) is 16.8 Å². The van der Waals surface area contributed by atoms with E-state index in [1.165, 1.54) is 12.3 Å². The van der Waals surface area contributed by atoms with E-state index in [1.807, 2.05) is 24.3 Å². The number of anilines is 1. The fraction of sp³-hybridized carbons (Fsp3) is 0.361. The number of benzene rings is 3. The van der Waals surface area contributed by atoms with Crippen molar-refractivity contribution in [1.29, 1.82) is 0 Å². The summed E-state index contributed by atoms with van der Waals surface area (Å²) in [7, 11) is 2.09. The molecule has 2 saturated heterocycles. The van der Waals surface area contributed by atoms with Crippen LogP contribution in [0.2, 0.25) is 0 Å². The minimum Gasteiger partial charge on any atom is -0.451 e. The second-order valence-electron chi connectivity index (χ2n) is 12.8. The quantitative estimate of drug-likeness (QED) is 0.179. The normalized spacial score (nSPS) is 17.8. The minimum atomic E-state index is -0.637. The number of pyridine rings is 1. The van der Waals surface area contributed by atoms with Gasteiger partial charge in [0.15, 0.2) is 22.4 Å². The standard InChI is InChI=1S/C36H36FN5O4/c1-40-13-6-7-21(40)10-11-39-36(45)27-20-42-29-18-24-22-8-2-3-9-23(22)33(43)25(24)19-30(29)46-35-31(38-12-16-41-14-4-5-15-41)28(37)17-26(32(35)42)34(27)44/h2-3,8-9,17-21,38H,4-7,10-16H2,1H3,(H,39,45). The van der Waals surface area contributed by atoms with Crippen molar-refractivity contribution in [2.24, 2.45) is 0 Å². The average molecular weight is 622 g/mol. The van der Waals surface area contributed by atoms with Gasteiger partial charge in [-0.2, -0.15) is 0 Å². The predicted octanol–water partition coefficient (Wildman–Crippen LogP) is 5.16. The zero-order chi connectivity index (χ0) is 31.5. The first-order valence-electron chi connectivity index (χ1n) is 16.3. The van der Waals surface area contributed by atoms with Crippen molar-refractivity contribution >= 4 is 60.7 Å². The molecule has 236 valence electrons. The Hall–Kier alpha value is -4.54. The first-order chi connectivity index (χ1) is 22.4. The van der Waals surface area contributed by atoms with Gasteiger partial charge in [-0.3, -0.25) is 14.4 Å². The number of rotatable bonds is 8. The summed E-state index contributed by atoms with van der Waals surface area (Å²) in [4.78, 5) is 45.4. The topological polar surface area (TPSA) is 99.3 Å². The molecule has 4 aromatic carbocycles. The summed E-state index contributed by atoms with van der Waals surface area (Å²) in [6.07, 6.45) is 6.84. The van der Waals surface area contributed by atoms with Gasteiger partial charge in [0.25, 0.3) is 5.91 Å². The number of halogens is 1. The summed E-state index contributed by atoms with van der Waals surface area (Å²) in [6.45, 7) is 4.74. The SMILES string of the molecule is CN1CCCC1CCNC(=O)c1cn2c3cc4c(cc3oc3c(NCCN5CCCC5)c(F)cc(c1=O)c32)c(=O)c1ccccc14. The van der Waals surface area contributed by atoms with Crippen molar-refractivity contribution in [2.45, 2.75) is 38.1 Å². The third kappa shape index (κ3) is 4.70. The lowest BCUT2D eigenvalue weighted by Gasteiger charge is -2.20. The van der Waals surface area contributed by atoms with Gasteiger partial charge < -0.3 is 29.3 Å². The number of amides is 1. The number of hydrogen-bond acceptors (Lipinski definition) is 7. The molecule has 8 rings (SSSR count). The number of hydrogen-bond donors (Lipinski definition) is 2. The molecule has 4 heterocycles. The van der Waals surface area contributed by atoms with E-state index >= 15 is 4.39 Å². The number of nitrogens with one attached hydrogen (secondary N) is 2. The van der Waals surface area contributed by atoms with Crippen molar-refractivity contribution in [3.63, 3.8) is 0 Å². The fourth-order valence-corrected chi connectivity index (χ4v) is 7.60. The van der Waals surface area contributed by atoms with Crippen LogP contribution in [0.25, 0.3) is 49.1 Å².